The van der Waals surface area contributed by atoms with Crippen molar-refractivity contribution in [3.05, 3.63) is 81.5 Å². The smallest absolute Gasteiger partial charge is 0.269 e. The van der Waals surface area contributed by atoms with Crippen LogP contribution in [0.4, 0.5) is 14.6 Å². The molecule has 10 heteroatoms. The van der Waals surface area contributed by atoms with Gasteiger partial charge in [-0.05, 0) is 35.4 Å². The van der Waals surface area contributed by atoms with Crippen molar-refractivity contribution in [2.45, 2.75) is 19.1 Å². The van der Waals surface area contributed by atoms with Gasteiger partial charge in [-0.2, -0.15) is 5.10 Å². The number of rotatable bonds is 5. The molecule has 0 fully saturated rings. The lowest BCUT2D eigenvalue weighted by atomic mass is 10.0. The van der Waals surface area contributed by atoms with Crippen LogP contribution >= 0.6 is 23.2 Å². The van der Waals surface area contributed by atoms with Crippen LogP contribution in [0, 0.1) is 11.6 Å². The van der Waals surface area contributed by atoms with E-state index in [2.05, 4.69) is 15.6 Å². The van der Waals surface area contributed by atoms with E-state index < -0.39 is 17.8 Å². The number of nitrogens with one attached hydrogen (secondary N) is 1. The zero-order chi connectivity index (χ0) is 21.3. The molecule has 1 N–H and O–H groups in total. The van der Waals surface area contributed by atoms with E-state index in [1.54, 1.807) is 18.2 Å². The number of halogens is 4. The van der Waals surface area contributed by atoms with Crippen LogP contribution in [0.5, 0.6) is 0 Å². The number of oxime groups is 1. The van der Waals surface area contributed by atoms with E-state index in [0.29, 0.717) is 16.8 Å². The standard InChI is InChI=1S/C20H14Cl2F2N4O2/c21-15-7-14(24)6-3-12(15)9-28-10-16(22)19(26-28)25-20(29)18-8-17(27-30-18)11-1-4-13(23)5-2-11/h1-7,10,18H,8-9H2,(H,25,26,29). The Morgan fingerprint density at radius 3 is 2.60 bits per heavy atom. The number of carbonyl (C=O) groups excluding carboxylic acids is 1. The Morgan fingerprint density at radius 2 is 1.87 bits per heavy atom. The molecule has 0 saturated carbocycles. The van der Waals surface area contributed by atoms with Crippen LogP contribution in [0.1, 0.15) is 17.5 Å². The molecule has 0 spiro atoms. The molecule has 4 rings (SSSR count). The summed E-state index contributed by atoms with van der Waals surface area (Å²) < 4.78 is 27.7. The van der Waals surface area contributed by atoms with E-state index in [0.717, 1.165) is 0 Å². The van der Waals surface area contributed by atoms with Crippen LogP contribution in [0.15, 0.2) is 53.8 Å². The van der Waals surface area contributed by atoms with Crippen molar-refractivity contribution < 1.29 is 18.4 Å². The first-order valence-electron chi connectivity index (χ1n) is 8.85. The predicted molar refractivity (Wildman–Crippen MR) is 109 cm³/mol. The first-order valence-corrected chi connectivity index (χ1v) is 9.61. The van der Waals surface area contributed by atoms with Crippen LogP contribution < -0.4 is 5.32 Å². The van der Waals surface area contributed by atoms with Crippen molar-refractivity contribution >= 4 is 40.6 Å². The predicted octanol–water partition coefficient (Wildman–Crippen LogP) is 4.65. The minimum absolute atomic E-state index is 0.152. The number of carbonyl (C=O) groups is 1. The van der Waals surface area contributed by atoms with Gasteiger partial charge < -0.3 is 10.2 Å². The molecular formula is C20H14Cl2F2N4O2. The zero-order valence-electron chi connectivity index (χ0n) is 15.3. The quantitative estimate of drug-likeness (QED) is 0.614. The van der Waals surface area contributed by atoms with Crippen molar-refractivity contribution in [2.75, 3.05) is 5.32 Å². The third-order valence-electron chi connectivity index (χ3n) is 4.44. The molecule has 0 bridgehead atoms. The van der Waals surface area contributed by atoms with Gasteiger partial charge in [0.2, 0.25) is 6.10 Å². The molecule has 6 nitrogen and oxygen atoms in total. The molecule has 3 aromatic rings. The summed E-state index contributed by atoms with van der Waals surface area (Å²) in [6.45, 7) is 0.243. The second kappa shape index (κ2) is 8.41. The summed E-state index contributed by atoms with van der Waals surface area (Å²) in [7, 11) is 0. The fourth-order valence-electron chi connectivity index (χ4n) is 2.92. The Hall–Kier alpha value is -2.97. The number of benzene rings is 2. The van der Waals surface area contributed by atoms with Gasteiger partial charge in [-0.25, -0.2) is 8.78 Å². The fourth-order valence-corrected chi connectivity index (χ4v) is 3.34. The van der Waals surface area contributed by atoms with Gasteiger partial charge in [-0.15, -0.1) is 0 Å². The molecule has 1 unspecified atom stereocenters. The summed E-state index contributed by atoms with van der Waals surface area (Å²) in [4.78, 5) is 17.7. The normalized spacial score (nSPS) is 15.6. The summed E-state index contributed by atoms with van der Waals surface area (Å²) in [5.41, 5.74) is 1.86. The van der Waals surface area contributed by atoms with Crippen molar-refractivity contribution in [2.24, 2.45) is 5.16 Å². The third kappa shape index (κ3) is 4.44. The maximum absolute atomic E-state index is 13.2. The van der Waals surface area contributed by atoms with Crippen molar-refractivity contribution in [3.8, 4) is 0 Å². The molecule has 0 aliphatic carbocycles. The average Bonchev–Trinajstić information content (AvgIpc) is 3.32. The first-order chi connectivity index (χ1) is 14.4. The van der Waals surface area contributed by atoms with Crippen LogP contribution in [0.3, 0.4) is 0 Å². The molecule has 1 atom stereocenters. The van der Waals surface area contributed by atoms with E-state index >= 15 is 0 Å². The van der Waals surface area contributed by atoms with Crippen LogP contribution in [-0.4, -0.2) is 27.5 Å². The SMILES string of the molecule is O=C(Nc1nn(Cc2ccc(F)cc2Cl)cc1Cl)C1CC(c2ccc(F)cc2)=NO1. The fraction of sp³-hybridized carbons (Fsp3) is 0.150. The minimum Gasteiger partial charge on any atom is -0.382 e. The van der Waals surface area contributed by atoms with Gasteiger partial charge in [0, 0.05) is 17.6 Å². The van der Waals surface area contributed by atoms with Crippen LogP contribution in [-0.2, 0) is 16.2 Å². The van der Waals surface area contributed by atoms with E-state index in [1.165, 1.54) is 35.1 Å². The molecule has 0 radical (unpaired) electrons. The molecule has 1 aliphatic heterocycles. The topological polar surface area (TPSA) is 68.5 Å². The largest absolute Gasteiger partial charge is 0.382 e. The lowest BCUT2D eigenvalue weighted by molar-refractivity contribution is -0.125. The van der Waals surface area contributed by atoms with Crippen molar-refractivity contribution in [1.82, 2.24) is 9.78 Å². The van der Waals surface area contributed by atoms with Gasteiger partial charge in [-0.3, -0.25) is 9.48 Å². The molecule has 2 heterocycles. The minimum atomic E-state index is -0.863. The summed E-state index contributed by atoms with van der Waals surface area (Å²) in [5.74, 6) is -1.12. The Labute approximate surface area is 180 Å². The maximum Gasteiger partial charge on any atom is 0.269 e. The molecule has 0 saturated heterocycles. The second-order valence-corrected chi connectivity index (χ2v) is 7.41. The molecule has 30 heavy (non-hydrogen) atoms. The summed E-state index contributed by atoms with van der Waals surface area (Å²) in [5, 5.41) is 11.2. The average molecular weight is 451 g/mol. The van der Waals surface area contributed by atoms with E-state index in [1.807, 2.05) is 0 Å². The Kier molecular flexibility index (Phi) is 5.69. The highest BCUT2D eigenvalue weighted by molar-refractivity contribution is 6.33. The maximum atomic E-state index is 13.2. The third-order valence-corrected chi connectivity index (χ3v) is 5.07. The van der Waals surface area contributed by atoms with E-state index in [4.69, 9.17) is 28.0 Å². The van der Waals surface area contributed by atoms with Crippen LogP contribution in [0.25, 0.3) is 0 Å². The summed E-state index contributed by atoms with van der Waals surface area (Å²) >= 11 is 12.2. The van der Waals surface area contributed by atoms with E-state index in [-0.39, 0.29) is 34.6 Å². The lowest BCUT2D eigenvalue weighted by Crippen LogP contribution is -2.28. The van der Waals surface area contributed by atoms with Gasteiger partial charge in [-0.1, -0.05) is 46.6 Å². The molecule has 1 amide bonds. The zero-order valence-corrected chi connectivity index (χ0v) is 16.8. The van der Waals surface area contributed by atoms with Gasteiger partial charge in [0.05, 0.1) is 12.3 Å². The van der Waals surface area contributed by atoms with Gasteiger partial charge in [0.1, 0.15) is 16.7 Å². The Bertz CT molecular complexity index is 1130. The molecule has 1 aliphatic rings. The first kappa shape index (κ1) is 20.3. The highest BCUT2D eigenvalue weighted by Gasteiger charge is 2.30. The molecular weight excluding hydrogens is 437 g/mol. The monoisotopic (exact) mass is 450 g/mol. The Morgan fingerprint density at radius 1 is 1.13 bits per heavy atom. The van der Waals surface area contributed by atoms with Gasteiger partial charge >= 0.3 is 0 Å². The van der Waals surface area contributed by atoms with Crippen molar-refractivity contribution in [1.29, 1.82) is 0 Å². The van der Waals surface area contributed by atoms with E-state index in [9.17, 15) is 13.6 Å². The van der Waals surface area contributed by atoms with Gasteiger partial charge in [0.15, 0.2) is 5.82 Å². The highest BCUT2D eigenvalue weighted by atomic mass is 35.5. The van der Waals surface area contributed by atoms with Crippen LogP contribution in [0.2, 0.25) is 10.0 Å². The summed E-state index contributed by atoms with van der Waals surface area (Å²) in [6, 6.07) is 9.81. The number of nitrogens with zero attached hydrogens (tertiary/aromatic N) is 3. The second-order valence-electron chi connectivity index (χ2n) is 6.59. The molecule has 154 valence electrons. The number of aromatic nitrogens is 2. The number of hydrogen-bond acceptors (Lipinski definition) is 4. The number of amides is 1. The Balaban J connectivity index is 1.40. The number of hydrogen-bond donors (Lipinski definition) is 1. The number of anilines is 1. The lowest BCUT2D eigenvalue weighted by Gasteiger charge is -2.08. The van der Waals surface area contributed by atoms with Crippen molar-refractivity contribution in [3.63, 3.8) is 0 Å². The molecule has 1 aromatic heterocycles. The highest BCUT2D eigenvalue weighted by Crippen LogP contribution is 2.24. The van der Waals surface area contributed by atoms with Gasteiger partial charge in [0.25, 0.3) is 5.91 Å². The molecule has 2 aromatic carbocycles. The summed E-state index contributed by atoms with van der Waals surface area (Å²) in [6.07, 6.45) is 0.881.